The van der Waals surface area contributed by atoms with Crippen LogP contribution in [0.15, 0.2) is 16.9 Å². The molecule has 4 nitrogen and oxygen atoms in total. The molecule has 1 aromatic rings. The van der Waals surface area contributed by atoms with E-state index in [1.807, 2.05) is 6.92 Å². The number of aromatic nitrogens is 2. The van der Waals surface area contributed by atoms with E-state index in [0.29, 0.717) is 6.42 Å². The van der Waals surface area contributed by atoms with Crippen LogP contribution in [0.1, 0.15) is 19.8 Å². The summed E-state index contributed by atoms with van der Waals surface area (Å²) in [6.45, 7) is 1.92. The number of carbonyl (C=O) groups excluding carboxylic acids is 1. The third-order valence-electron chi connectivity index (χ3n) is 1.18. The predicted octanol–water partition coefficient (Wildman–Crippen LogP) is 1.40. The Morgan fingerprint density at radius 1 is 1.83 bits per heavy atom. The Morgan fingerprint density at radius 2 is 2.58 bits per heavy atom. The summed E-state index contributed by atoms with van der Waals surface area (Å²) in [6.07, 6.45) is 4.32. The molecule has 1 heterocycles. The first kappa shape index (κ1) is 9.25. The summed E-state index contributed by atoms with van der Waals surface area (Å²) in [5, 5.41) is 3.76. The van der Waals surface area contributed by atoms with Gasteiger partial charge in [0.05, 0.1) is 16.9 Å². The van der Waals surface area contributed by atoms with Crippen LogP contribution in [0.25, 0.3) is 0 Å². The van der Waals surface area contributed by atoms with Crippen molar-refractivity contribution in [1.82, 2.24) is 9.94 Å². The van der Waals surface area contributed by atoms with E-state index in [4.69, 9.17) is 4.84 Å². The van der Waals surface area contributed by atoms with Gasteiger partial charge >= 0.3 is 5.97 Å². The summed E-state index contributed by atoms with van der Waals surface area (Å²) < 4.78 is 0.784. The molecule has 0 spiro atoms. The van der Waals surface area contributed by atoms with Crippen LogP contribution in [-0.2, 0) is 4.79 Å². The smallest absolute Gasteiger partial charge is 0.319 e. The Labute approximate surface area is 78.6 Å². The highest BCUT2D eigenvalue weighted by Crippen LogP contribution is 2.04. The van der Waals surface area contributed by atoms with Gasteiger partial charge in [-0.25, -0.2) is 4.79 Å². The zero-order valence-corrected chi connectivity index (χ0v) is 8.24. The molecule has 1 aromatic heterocycles. The number of carbonyl (C=O) groups is 1. The SMILES string of the molecule is CCCC(=O)On1cc(Br)cn1. The minimum Gasteiger partial charge on any atom is -0.319 e. The van der Waals surface area contributed by atoms with Crippen molar-refractivity contribution in [3.05, 3.63) is 16.9 Å². The van der Waals surface area contributed by atoms with E-state index in [0.717, 1.165) is 15.7 Å². The second-order valence-corrected chi connectivity index (χ2v) is 3.19. The van der Waals surface area contributed by atoms with E-state index in [2.05, 4.69) is 21.0 Å². The number of hydrogen-bond donors (Lipinski definition) is 0. The molecule has 0 aliphatic carbocycles. The second kappa shape index (κ2) is 4.25. The molecule has 0 radical (unpaired) electrons. The zero-order chi connectivity index (χ0) is 8.97. The summed E-state index contributed by atoms with van der Waals surface area (Å²) >= 11 is 3.19. The third-order valence-corrected chi connectivity index (χ3v) is 1.59. The van der Waals surface area contributed by atoms with Crippen LogP contribution in [0.5, 0.6) is 0 Å². The maximum Gasteiger partial charge on any atom is 0.334 e. The van der Waals surface area contributed by atoms with Gasteiger partial charge in [-0.1, -0.05) is 11.8 Å². The lowest BCUT2D eigenvalue weighted by Gasteiger charge is -1.99. The molecule has 5 heteroatoms. The van der Waals surface area contributed by atoms with Crippen LogP contribution >= 0.6 is 15.9 Å². The number of nitrogens with zero attached hydrogens (tertiary/aromatic N) is 2. The summed E-state index contributed by atoms with van der Waals surface area (Å²) in [5.41, 5.74) is 0. The lowest BCUT2D eigenvalue weighted by atomic mass is 10.3. The molecule has 0 atom stereocenters. The van der Waals surface area contributed by atoms with Gasteiger partial charge in [-0.3, -0.25) is 0 Å². The van der Waals surface area contributed by atoms with Crippen LogP contribution in [0.4, 0.5) is 0 Å². The quantitative estimate of drug-likeness (QED) is 0.792. The Bertz CT molecular complexity index is 272. The first-order valence-corrected chi connectivity index (χ1v) is 4.43. The first-order valence-electron chi connectivity index (χ1n) is 3.63. The normalized spacial score (nSPS) is 9.83. The van der Waals surface area contributed by atoms with Crippen molar-refractivity contribution in [2.45, 2.75) is 19.8 Å². The maximum absolute atomic E-state index is 10.9. The van der Waals surface area contributed by atoms with Crippen molar-refractivity contribution < 1.29 is 9.63 Å². The minimum atomic E-state index is -0.270. The van der Waals surface area contributed by atoms with Crippen LogP contribution in [-0.4, -0.2) is 15.9 Å². The summed E-state index contributed by atoms with van der Waals surface area (Å²) in [6, 6.07) is 0. The van der Waals surface area contributed by atoms with Crippen LogP contribution in [0.2, 0.25) is 0 Å². The first-order chi connectivity index (χ1) is 5.72. The molecular weight excluding hydrogens is 224 g/mol. The summed E-state index contributed by atoms with van der Waals surface area (Å²) in [7, 11) is 0. The third kappa shape index (κ3) is 2.65. The van der Waals surface area contributed by atoms with Crippen LogP contribution in [0.3, 0.4) is 0 Å². The number of halogens is 1. The highest BCUT2D eigenvalue weighted by atomic mass is 79.9. The van der Waals surface area contributed by atoms with Crippen molar-refractivity contribution in [3.63, 3.8) is 0 Å². The van der Waals surface area contributed by atoms with E-state index in [9.17, 15) is 4.79 Å². The molecule has 0 amide bonds. The van der Waals surface area contributed by atoms with Gasteiger partial charge in [0.25, 0.3) is 0 Å². The molecule has 0 saturated heterocycles. The second-order valence-electron chi connectivity index (χ2n) is 2.27. The van der Waals surface area contributed by atoms with Crippen molar-refractivity contribution in [1.29, 1.82) is 0 Å². The van der Waals surface area contributed by atoms with E-state index in [-0.39, 0.29) is 5.97 Å². The molecule has 0 N–H and O–H groups in total. The van der Waals surface area contributed by atoms with Crippen molar-refractivity contribution >= 4 is 21.9 Å². The Hall–Kier alpha value is -0.840. The van der Waals surface area contributed by atoms with Gasteiger partial charge in [0.1, 0.15) is 0 Å². The molecule has 0 fully saturated rings. The zero-order valence-electron chi connectivity index (χ0n) is 6.66. The topological polar surface area (TPSA) is 44.1 Å². The molecule has 0 unspecified atom stereocenters. The Morgan fingerprint density at radius 3 is 3.08 bits per heavy atom. The average molecular weight is 233 g/mol. The summed E-state index contributed by atoms with van der Waals surface area (Å²) in [4.78, 5) is 16.9. The van der Waals surface area contributed by atoms with Gasteiger partial charge in [-0.05, 0) is 22.4 Å². The van der Waals surface area contributed by atoms with E-state index in [1.165, 1.54) is 0 Å². The molecule has 0 bridgehead atoms. The van der Waals surface area contributed by atoms with Gasteiger partial charge < -0.3 is 4.84 Å². The van der Waals surface area contributed by atoms with Crippen molar-refractivity contribution in [2.75, 3.05) is 0 Å². The molecular formula is C7H9BrN2O2. The summed E-state index contributed by atoms with van der Waals surface area (Å²) in [5.74, 6) is -0.270. The van der Waals surface area contributed by atoms with Crippen molar-refractivity contribution in [2.24, 2.45) is 0 Å². The van der Waals surface area contributed by atoms with Crippen LogP contribution in [0, 0.1) is 0 Å². The monoisotopic (exact) mass is 232 g/mol. The fraction of sp³-hybridized carbons (Fsp3) is 0.429. The van der Waals surface area contributed by atoms with E-state index < -0.39 is 0 Å². The van der Waals surface area contributed by atoms with Gasteiger partial charge in [0.2, 0.25) is 0 Å². The molecule has 12 heavy (non-hydrogen) atoms. The molecule has 1 rings (SSSR count). The van der Waals surface area contributed by atoms with Gasteiger partial charge in [0.15, 0.2) is 0 Å². The number of rotatable bonds is 3. The van der Waals surface area contributed by atoms with E-state index in [1.54, 1.807) is 12.4 Å². The Balaban J connectivity index is 2.46. The fourth-order valence-electron chi connectivity index (χ4n) is 0.688. The average Bonchev–Trinajstić information content (AvgIpc) is 2.36. The standard InChI is InChI=1S/C7H9BrN2O2/c1-2-3-7(11)12-10-5-6(8)4-9-10/h4-5H,2-3H2,1H3. The molecule has 0 saturated carbocycles. The maximum atomic E-state index is 10.9. The lowest BCUT2D eigenvalue weighted by molar-refractivity contribution is -0.145. The highest BCUT2D eigenvalue weighted by Gasteiger charge is 2.03. The van der Waals surface area contributed by atoms with Crippen LogP contribution < -0.4 is 4.84 Å². The largest absolute Gasteiger partial charge is 0.334 e. The lowest BCUT2D eigenvalue weighted by Crippen LogP contribution is -2.19. The highest BCUT2D eigenvalue weighted by molar-refractivity contribution is 9.10. The number of hydrogen-bond acceptors (Lipinski definition) is 3. The molecule has 0 aliphatic heterocycles. The van der Waals surface area contributed by atoms with Gasteiger partial charge in [0, 0.05) is 6.42 Å². The Kier molecular flexibility index (Phi) is 3.28. The van der Waals surface area contributed by atoms with E-state index >= 15 is 0 Å². The van der Waals surface area contributed by atoms with Crippen molar-refractivity contribution in [3.8, 4) is 0 Å². The minimum absolute atomic E-state index is 0.270. The van der Waals surface area contributed by atoms with Gasteiger partial charge in [-0.15, -0.1) is 5.10 Å². The molecule has 0 aromatic carbocycles. The fourth-order valence-corrected chi connectivity index (χ4v) is 0.955. The van der Waals surface area contributed by atoms with Gasteiger partial charge in [-0.2, -0.15) is 0 Å². The predicted molar refractivity (Wildman–Crippen MR) is 46.4 cm³/mol. The molecule has 0 aliphatic rings. The molecule has 66 valence electrons.